The average Bonchev–Trinajstić information content (AvgIpc) is 2.93. The number of amides is 1. The van der Waals surface area contributed by atoms with Crippen LogP contribution in [0.2, 0.25) is 0 Å². The van der Waals surface area contributed by atoms with Crippen molar-refractivity contribution in [3.8, 4) is 0 Å². The first-order chi connectivity index (χ1) is 11.1. The molecule has 0 saturated heterocycles. The smallest absolute Gasteiger partial charge is 0.234 e. The van der Waals surface area contributed by atoms with Gasteiger partial charge in [-0.25, -0.2) is 4.98 Å². The normalized spacial score (nSPS) is 15.3. The van der Waals surface area contributed by atoms with Crippen LogP contribution in [0.3, 0.4) is 0 Å². The van der Waals surface area contributed by atoms with E-state index in [0.717, 1.165) is 26.9 Å². The second kappa shape index (κ2) is 9.92. The zero-order chi connectivity index (χ0) is 17.2. The molecule has 0 spiro atoms. The Kier molecular flexibility index (Phi) is 8.22. The Hall–Kier alpha value is -1.98. The van der Waals surface area contributed by atoms with Crippen LogP contribution in [-0.4, -0.2) is 24.0 Å². The number of hydrogen-bond acceptors (Lipinski definition) is 4. The molecule has 1 atom stereocenters. The molecular formula is C18H25N3OS. The Labute approximate surface area is 141 Å². The van der Waals surface area contributed by atoms with Gasteiger partial charge in [-0.2, -0.15) is 0 Å². The SMILES string of the molecule is C=C/C=c1/sc(C(/C=C\CC(NC)C(N)=O)=C/CC)n/c1=C/C. The summed E-state index contributed by atoms with van der Waals surface area (Å²) >= 11 is 1.63. The zero-order valence-corrected chi connectivity index (χ0v) is 14.8. The van der Waals surface area contributed by atoms with Crippen molar-refractivity contribution in [3.05, 3.63) is 45.8 Å². The molecule has 0 aromatic carbocycles. The Balaban J connectivity index is 3.09. The van der Waals surface area contributed by atoms with E-state index in [-0.39, 0.29) is 11.9 Å². The third-order valence-corrected chi connectivity index (χ3v) is 4.34. The topological polar surface area (TPSA) is 68.0 Å². The average molecular weight is 331 g/mol. The van der Waals surface area contributed by atoms with Crippen molar-refractivity contribution < 1.29 is 4.79 Å². The third kappa shape index (κ3) is 5.62. The van der Waals surface area contributed by atoms with Gasteiger partial charge >= 0.3 is 0 Å². The number of aromatic nitrogens is 1. The number of rotatable bonds is 8. The van der Waals surface area contributed by atoms with Gasteiger partial charge in [-0.3, -0.25) is 4.79 Å². The van der Waals surface area contributed by atoms with Gasteiger partial charge in [0.05, 0.1) is 15.9 Å². The van der Waals surface area contributed by atoms with Gasteiger partial charge in [0.25, 0.3) is 0 Å². The maximum atomic E-state index is 11.2. The second-order valence-electron chi connectivity index (χ2n) is 4.91. The number of nitrogens with two attached hydrogens (primary N) is 1. The highest BCUT2D eigenvalue weighted by atomic mass is 32.1. The van der Waals surface area contributed by atoms with E-state index in [1.54, 1.807) is 24.5 Å². The maximum absolute atomic E-state index is 11.2. The van der Waals surface area contributed by atoms with Gasteiger partial charge in [0.2, 0.25) is 5.91 Å². The highest BCUT2D eigenvalue weighted by Crippen LogP contribution is 2.16. The van der Waals surface area contributed by atoms with E-state index >= 15 is 0 Å². The lowest BCUT2D eigenvalue weighted by Gasteiger charge is -2.08. The molecule has 1 aromatic rings. The van der Waals surface area contributed by atoms with Crippen LogP contribution in [0.4, 0.5) is 0 Å². The molecule has 23 heavy (non-hydrogen) atoms. The van der Waals surface area contributed by atoms with Gasteiger partial charge in [-0.05, 0) is 32.9 Å². The van der Waals surface area contributed by atoms with Gasteiger partial charge in [0.1, 0.15) is 5.01 Å². The highest BCUT2D eigenvalue weighted by molar-refractivity contribution is 7.10. The van der Waals surface area contributed by atoms with E-state index in [9.17, 15) is 4.79 Å². The summed E-state index contributed by atoms with van der Waals surface area (Å²) in [7, 11) is 1.73. The second-order valence-corrected chi connectivity index (χ2v) is 5.94. The highest BCUT2D eigenvalue weighted by Gasteiger charge is 2.10. The summed E-state index contributed by atoms with van der Waals surface area (Å²) in [5.41, 5.74) is 6.39. The summed E-state index contributed by atoms with van der Waals surface area (Å²) in [4.78, 5) is 15.9. The van der Waals surface area contributed by atoms with Gasteiger partial charge in [0, 0.05) is 5.57 Å². The number of primary amides is 1. The van der Waals surface area contributed by atoms with E-state index in [1.807, 2.05) is 31.2 Å². The Morgan fingerprint density at radius 2 is 2.26 bits per heavy atom. The molecule has 0 aliphatic rings. The monoisotopic (exact) mass is 331 g/mol. The summed E-state index contributed by atoms with van der Waals surface area (Å²) in [5.74, 6) is -0.349. The molecule has 124 valence electrons. The van der Waals surface area contributed by atoms with Crippen LogP contribution in [0.25, 0.3) is 17.7 Å². The van der Waals surface area contributed by atoms with Crippen LogP contribution in [0.15, 0.2) is 30.9 Å². The van der Waals surface area contributed by atoms with Crippen LogP contribution in [0, 0.1) is 0 Å². The van der Waals surface area contributed by atoms with Crippen LogP contribution in [-0.2, 0) is 4.79 Å². The van der Waals surface area contributed by atoms with Gasteiger partial charge in [-0.1, -0.05) is 43.9 Å². The Bertz CT molecular complexity index is 713. The van der Waals surface area contributed by atoms with E-state index in [4.69, 9.17) is 5.73 Å². The molecule has 0 bridgehead atoms. The first kappa shape index (κ1) is 19.1. The number of carbonyl (C=O) groups is 1. The summed E-state index contributed by atoms with van der Waals surface area (Å²) in [6, 6.07) is -0.352. The molecule has 3 N–H and O–H groups in total. The Morgan fingerprint density at radius 3 is 2.78 bits per heavy atom. The van der Waals surface area contributed by atoms with Crippen LogP contribution in [0.1, 0.15) is 31.7 Å². The van der Waals surface area contributed by atoms with Crippen LogP contribution < -0.4 is 20.9 Å². The number of hydrogen-bond donors (Lipinski definition) is 2. The molecule has 1 heterocycles. The van der Waals surface area contributed by atoms with Crippen molar-refractivity contribution in [2.45, 2.75) is 32.7 Å². The number of carbonyl (C=O) groups excluding carboxylic acids is 1. The molecule has 0 aliphatic carbocycles. The molecule has 0 saturated carbocycles. The number of thiazole rings is 1. The molecule has 4 nitrogen and oxygen atoms in total. The summed E-state index contributed by atoms with van der Waals surface area (Å²) in [6.45, 7) is 7.81. The lowest BCUT2D eigenvalue weighted by molar-refractivity contribution is -0.119. The zero-order valence-electron chi connectivity index (χ0n) is 14.0. The largest absolute Gasteiger partial charge is 0.368 e. The number of nitrogens with zero attached hydrogens (tertiary/aromatic N) is 1. The van der Waals surface area contributed by atoms with Crippen molar-refractivity contribution in [3.63, 3.8) is 0 Å². The number of likely N-dealkylation sites (N-methyl/N-ethyl adjacent to an activating group) is 1. The maximum Gasteiger partial charge on any atom is 0.234 e. The molecule has 0 radical (unpaired) electrons. The summed E-state index contributed by atoms with van der Waals surface area (Å²) in [6.07, 6.45) is 13.3. The van der Waals surface area contributed by atoms with Crippen molar-refractivity contribution in [1.82, 2.24) is 10.3 Å². The minimum absolute atomic E-state index is 0.349. The quantitative estimate of drug-likeness (QED) is 0.713. The summed E-state index contributed by atoms with van der Waals surface area (Å²) in [5, 5.41) is 4.83. The lowest BCUT2D eigenvalue weighted by atomic mass is 10.1. The van der Waals surface area contributed by atoms with E-state index in [1.165, 1.54) is 0 Å². The number of nitrogens with one attached hydrogen (secondary N) is 1. The van der Waals surface area contributed by atoms with Crippen molar-refractivity contribution in [2.24, 2.45) is 5.73 Å². The van der Waals surface area contributed by atoms with E-state index < -0.39 is 0 Å². The van der Waals surface area contributed by atoms with Gasteiger partial charge in [-0.15, -0.1) is 11.3 Å². The molecule has 1 rings (SSSR count). The predicted octanol–water partition coefficient (Wildman–Crippen LogP) is 1.72. The van der Waals surface area contributed by atoms with E-state index in [0.29, 0.717) is 6.42 Å². The van der Waals surface area contributed by atoms with E-state index in [2.05, 4.69) is 29.9 Å². The predicted molar refractivity (Wildman–Crippen MR) is 100 cm³/mol. The molecule has 1 unspecified atom stereocenters. The molecule has 1 aromatic heterocycles. The standard InChI is InChI=1S/C18H25N3OS/c1-5-9-13(11-8-12-15(20-4)17(19)22)18-21-14(7-3)16(23-18)10-6-2/h6-11,15,20H,2,5,12H2,1,3-4H3,(H2,19,22)/b11-8-,13-9+,14-7+,16-10+. The molecule has 1 amide bonds. The molecular weight excluding hydrogens is 306 g/mol. The lowest BCUT2D eigenvalue weighted by Crippen LogP contribution is -2.38. The van der Waals surface area contributed by atoms with Gasteiger partial charge in [0.15, 0.2) is 0 Å². The van der Waals surface area contributed by atoms with Crippen molar-refractivity contribution in [1.29, 1.82) is 0 Å². The van der Waals surface area contributed by atoms with Crippen molar-refractivity contribution in [2.75, 3.05) is 7.05 Å². The molecule has 0 fully saturated rings. The fraction of sp³-hybridized carbons (Fsp3) is 0.333. The molecule has 0 aliphatic heterocycles. The summed E-state index contributed by atoms with van der Waals surface area (Å²) < 4.78 is 1.10. The Morgan fingerprint density at radius 1 is 1.52 bits per heavy atom. The minimum Gasteiger partial charge on any atom is -0.368 e. The fourth-order valence-corrected chi connectivity index (χ4v) is 3.11. The van der Waals surface area contributed by atoms with Crippen LogP contribution in [0.5, 0.6) is 0 Å². The minimum atomic E-state index is -0.352. The molecule has 5 heteroatoms. The fourth-order valence-electron chi connectivity index (χ4n) is 2.05. The first-order valence-electron chi connectivity index (χ1n) is 7.66. The number of allylic oxidation sites excluding steroid dienone is 4. The van der Waals surface area contributed by atoms with Gasteiger partial charge < -0.3 is 11.1 Å². The van der Waals surface area contributed by atoms with Crippen LogP contribution >= 0.6 is 11.3 Å². The van der Waals surface area contributed by atoms with Crippen molar-refractivity contribution >= 4 is 35.0 Å². The first-order valence-corrected chi connectivity index (χ1v) is 8.48. The third-order valence-electron chi connectivity index (χ3n) is 3.26.